The highest BCUT2D eigenvalue weighted by Gasteiger charge is 2.56. The van der Waals surface area contributed by atoms with Gasteiger partial charge in [0, 0.05) is 119 Å². The van der Waals surface area contributed by atoms with Crippen LogP contribution in [0, 0.1) is 3.57 Å². The molecule has 20 aromatic carbocycles. The highest BCUT2D eigenvalue weighted by molar-refractivity contribution is 15.0. The van der Waals surface area contributed by atoms with E-state index in [2.05, 4.69) is 452 Å². The van der Waals surface area contributed by atoms with Gasteiger partial charge in [0.2, 0.25) is 0 Å². The van der Waals surface area contributed by atoms with Crippen molar-refractivity contribution in [3.63, 3.8) is 0 Å². The number of hydrogen-bond acceptors (Lipinski definition) is 8. The summed E-state index contributed by atoms with van der Waals surface area (Å²) >= 11 is 13.1. The first-order chi connectivity index (χ1) is 70.1. The average Bonchev–Trinajstić information content (AvgIpc) is 1.51. The lowest BCUT2D eigenvalue weighted by Gasteiger charge is -2.30. The number of hydrogen-bond donors (Lipinski definition) is 2. The molecule has 0 radical (unpaired) electrons. The number of fused-ring (bicyclic) bond motifs is 45. The molecule has 8 aliphatic rings. The quantitative estimate of drug-likeness (QED) is 0.134. The number of furan rings is 3. The number of aromatic nitrogens is 2. The number of para-hydroxylation sites is 8. The lowest BCUT2D eigenvalue weighted by molar-refractivity contribution is 0.429. The maximum atomic E-state index is 8.85. The van der Waals surface area contributed by atoms with Crippen molar-refractivity contribution in [2.75, 3.05) is 0 Å². The number of imidazole rings is 1. The molecule has 3 spiro atoms. The molecule has 2 aliphatic heterocycles. The molecule has 143 heavy (non-hydrogen) atoms. The second kappa shape index (κ2) is 35.4. The van der Waals surface area contributed by atoms with E-state index in [1.54, 1.807) is 0 Å². The highest BCUT2D eigenvalue weighted by Crippen LogP contribution is 2.69. The fourth-order valence-corrected chi connectivity index (χ4v) is 25.2. The van der Waals surface area contributed by atoms with Gasteiger partial charge in [-0.2, -0.15) is 0 Å². The smallest absolute Gasteiger partial charge is 0.455 e. The summed E-state index contributed by atoms with van der Waals surface area (Å²) in [5, 5.41) is 25.4. The van der Waals surface area contributed by atoms with Crippen molar-refractivity contribution in [1.82, 2.24) is 9.55 Å². The van der Waals surface area contributed by atoms with E-state index in [0.717, 1.165) is 123 Å². The molecule has 0 bridgehead atoms. The van der Waals surface area contributed by atoms with Crippen LogP contribution in [0.2, 0.25) is 5.02 Å². The predicted molar refractivity (Wildman–Crippen MR) is 622 cm³/mol. The highest BCUT2D eigenvalue weighted by atomic mass is 128. The summed E-state index contributed by atoms with van der Waals surface area (Å²) in [4.78, 5) is 14.4. The molecule has 9 nitrogen and oxygen atoms in total. The van der Waals surface area contributed by atoms with Gasteiger partial charge in [0.15, 0.2) is 0 Å². The Hall–Kier alpha value is -14.2. The largest absolute Gasteiger partial charge is 0.504 e. The molecule has 0 fully saturated rings. The zero-order valence-electron chi connectivity index (χ0n) is 76.5. The Kier molecular flexibility index (Phi) is 22.0. The van der Waals surface area contributed by atoms with Gasteiger partial charge >= 0.3 is 7.12 Å². The van der Waals surface area contributed by atoms with E-state index >= 15 is 0 Å². The molecular formula is C128H80BClI4N4O5. The van der Waals surface area contributed by atoms with Gasteiger partial charge in [0.25, 0.3) is 0 Å². The molecule has 6 heterocycles. The molecular weight excluding hydrogens is 2230 g/mol. The molecule has 2 N–H and O–H groups in total. The van der Waals surface area contributed by atoms with Crippen LogP contribution < -0.4 is 0 Å². The molecule has 0 amide bonds. The third kappa shape index (κ3) is 13.4. The third-order valence-electron chi connectivity index (χ3n) is 30.2. The van der Waals surface area contributed by atoms with Crippen LogP contribution in [-0.4, -0.2) is 38.0 Å². The van der Waals surface area contributed by atoms with Crippen LogP contribution in [0.1, 0.15) is 83.5 Å². The Bertz CT molecular complexity index is 9470. The standard InChI is InChI=1S/C44H26N2O.C39H23NO.C31H17ClO.C8H8BNO2.C6H5I.I2.HI/c1-2-12-28(13-3-1)46-39-20-10-9-19-38(39)45-43(46)27-22-23-30-29-14-4-7-17-34(29)44(37(30)26-27)35-18-8-5-16-33(35)41-36(44)25-24-32-31-15-6-11-21-40(31)47-42(32)41;1-7-15-34-23(9-1)22-35(40-34)24-17-18-26-25-10-2-5-13-30(25)39(33(26)21-24)31-14-6-3-12-29(31)37-32(39)20-19-28-27-11-4-8-16-36(27)41-38(28)37;32-18-13-14-20-19-7-1-4-10-24(19)31(27(20)17-18)25-11-5-2-9-23(25)29-26(31)16-15-22-21-8-3-6-12-28(21)33-30(22)29;11-9(12)8-5-6-3-1-2-4-7(6)10-8;7-6-4-2-1-3-5-6;1-2;/h1-26H;1-21H,22H2;1-17H;1-4,11-12H,5H2;1-5H;;1H. The van der Waals surface area contributed by atoms with Gasteiger partial charge in [-0.05, 0) is 247 Å². The minimum Gasteiger partial charge on any atom is -0.455 e. The summed E-state index contributed by atoms with van der Waals surface area (Å²) in [6.07, 6.45) is 1.41. The van der Waals surface area contributed by atoms with Gasteiger partial charge in [-0.1, -0.05) is 363 Å². The Morgan fingerprint density at radius 1 is 0.301 bits per heavy atom. The first-order valence-corrected chi connectivity index (χ1v) is 55.4. The number of halogens is 5. The van der Waals surface area contributed by atoms with Crippen molar-refractivity contribution < 1.29 is 23.3 Å². The number of aliphatic imine (C=N–C) groups is 2. The maximum absolute atomic E-state index is 8.85. The molecule has 680 valence electrons. The fraction of sp³-hybridized carbons (Fsp3) is 0.0391. The van der Waals surface area contributed by atoms with Crippen molar-refractivity contribution in [3.05, 3.63) is 535 Å². The van der Waals surface area contributed by atoms with Crippen molar-refractivity contribution >= 4 is 202 Å². The summed E-state index contributed by atoms with van der Waals surface area (Å²) < 4.78 is 23.5. The van der Waals surface area contributed by atoms with Crippen molar-refractivity contribution in [2.45, 2.75) is 29.1 Å². The first kappa shape index (κ1) is 88.9. The molecule has 0 saturated heterocycles. The van der Waals surface area contributed by atoms with Crippen LogP contribution in [0.15, 0.2) is 466 Å². The van der Waals surface area contributed by atoms with Crippen molar-refractivity contribution in [3.8, 4) is 83.8 Å². The van der Waals surface area contributed by atoms with Crippen LogP contribution in [-0.2, 0) is 29.1 Å². The molecule has 4 aromatic heterocycles. The number of nitrogens with zero attached hydrogens (tertiary/aromatic N) is 4. The van der Waals surface area contributed by atoms with Crippen LogP contribution in [0.5, 0.6) is 0 Å². The average molecular weight is 2310 g/mol. The zero-order valence-corrected chi connectivity index (χ0v) is 86.0. The number of rotatable bonds is 4. The maximum Gasteiger partial charge on any atom is 0.504 e. The van der Waals surface area contributed by atoms with E-state index in [0.29, 0.717) is 12.0 Å². The Balaban J connectivity index is 0.0000000999. The molecule has 6 aliphatic carbocycles. The SMILES string of the molecule is Clc1ccc2c(c1)C1(c3ccccc3-2)c2ccccc2-c2c1ccc1c2oc2ccccc21.I.II.Ic1ccccc1.OB(O)C1=Nc2ccccc2C1.c1ccc(-n2c(-c3ccc4c(c3)C3(c5ccccc5-4)c4ccccc4-c4c3ccc3c4oc4ccccc43)nc3ccccc32)cc1.c1ccc2c(c1)CC(c1ccc3c(c1)C1(c4ccccc4-3)c3ccccc3-c3c1ccc1c3oc3ccccc31)=N2. The van der Waals surface area contributed by atoms with Crippen LogP contribution in [0.25, 0.3) is 161 Å². The van der Waals surface area contributed by atoms with Gasteiger partial charge in [0.1, 0.15) is 39.3 Å². The molecule has 3 atom stereocenters. The minimum atomic E-state index is -1.42. The number of benzene rings is 20. The van der Waals surface area contributed by atoms with E-state index < -0.39 is 23.4 Å². The van der Waals surface area contributed by atoms with E-state index in [-0.39, 0.29) is 24.0 Å². The molecule has 0 saturated carbocycles. The molecule has 24 aromatic rings. The summed E-state index contributed by atoms with van der Waals surface area (Å²) in [5.41, 5.74) is 46.2. The monoisotopic (exact) mass is 2310 g/mol. The molecule has 15 heteroatoms. The summed E-state index contributed by atoms with van der Waals surface area (Å²) in [6.45, 7) is 0. The van der Waals surface area contributed by atoms with Crippen LogP contribution in [0.4, 0.5) is 11.4 Å². The topological polar surface area (TPSA) is 122 Å². The lowest BCUT2D eigenvalue weighted by atomic mass is 9.70. The minimum absolute atomic E-state index is 0. The Morgan fingerprint density at radius 3 is 1.09 bits per heavy atom. The molecule has 32 rings (SSSR count). The van der Waals surface area contributed by atoms with E-state index in [9.17, 15) is 0 Å². The summed E-state index contributed by atoms with van der Waals surface area (Å²) in [6, 6.07) is 158. The van der Waals surface area contributed by atoms with E-state index in [4.69, 9.17) is 44.9 Å². The summed E-state index contributed by atoms with van der Waals surface area (Å²) in [5.74, 6) is 0.936. The van der Waals surface area contributed by atoms with Gasteiger partial charge in [0.05, 0.1) is 50.0 Å². The second-order valence-electron chi connectivity index (χ2n) is 37.2. The Labute approximate surface area is 883 Å². The summed E-state index contributed by atoms with van der Waals surface area (Å²) in [7, 11) is -1.42. The van der Waals surface area contributed by atoms with Gasteiger partial charge in [-0.3, -0.25) is 14.6 Å². The van der Waals surface area contributed by atoms with Gasteiger partial charge in [-0.15, -0.1) is 24.0 Å². The zero-order chi connectivity index (χ0) is 94.8. The van der Waals surface area contributed by atoms with E-state index in [1.165, 1.54) is 154 Å². The van der Waals surface area contributed by atoms with Crippen LogP contribution in [0.3, 0.4) is 0 Å². The van der Waals surface area contributed by atoms with Gasteiger partial charge in [-0.25, -0.2) is 4.98 Å². The Morgan fingerprint density at radius 2 is 0.650 bits per heavy atom. The van der Waals surface area contributed by atoms with Crippen LogP contribution >= 0.6 is 95.4 Å². The second-order valence-corrected chi connectivity index (χ2v) is 38.8. The normalized spacial score (nSPS) is 15.8. The van der Waals surface area contributed by atoms with Crippen molar-refractivity contribution in [1.29, 1.82) is 0 Å². The van der Waals surface area contributed by atoms with Crippen molar-refractivity contribution in [2.24, 2.45) is 9.98 Å². The predicted octanol–water partition coefficient (Wildman–Crippen LogP) is 34.1. The van der Waals surface area contributed by atoms with Gasteiger partial charge < -0.3 is 23.3 Å². The first-order valence-electron chi connectivity index (χ1n) is 47.7. The van der Waals surface area contributed by atoms with E-state index in [1.807, 2.05) is 60.7 Å². The lowest BCUT2D eigenvalue weighted by Crippen LogP contribution is -2.26. The third-order valence-corrected chi connectivity index (χ3v) is 31.1. The molecule has 3 unspecified atom stereocenters. The fourth-order valence-electron chi connectivity index (χ4n) is 24.6.